The molecule has 1 fully saturated rings. The molecule has 1 aliphatic rings. The van der Waals surface area contributed by atoms with Crippen molar-refractivity contribution in [2.24, 2.45) is 5.92 Å². The van der Waals surface area contributed by atoms with Gasteiger partial charge < -0.3 is 15.6 Å². The van der Waals surface area contributed by atoms with E-state index in [1.54, 1.807) is 0 Å². The SMILES string of the molecule is Nc1n[nH]c(C(C(=O)O)C2CCOCC2)n1. The fourth-order valence-electron chi connectivity index (χ4n) is 2.02. The number of H-pyrrole nitrogens is 1. The standard InChI is InChI=1S/C9H14N4O3/c10-9-11-7(12-13-9)6(8(14)15)5-1-3-16-4-2-5/h5-6H,1-4H2,(H,14,15)(H3,10,11,12,13). The zero-order chi connectivity index (χ0) is 11.5. The molecule has 0 spiro atoms. The zero-order valence-corrected chi connectivity index (χ0v) is 8.72. The number of nitrogen functional groups attached to an aromatic ring is 1. The molecule has 1 atom stereocenters. The number of aromatic nitrogens is 3. The van der Waals surface area contributed by atoms with Crippen molar-refractivity contribution in [3.05, 3.63) is 5.82 Å². The van der Waals surface area contributed by atoms with Gasteiger partial charge in [-0.05, 0) is 18.8 Å². The summed E-state index contributed by atoms with van der Waals surface area (Å²) in [6.07, 6.45) is 1.44. The predicted octanol–water partition coefficient (Wildman–Crippen LogP) is -0.0183. The van der Waals surface area contributed by atoms with Crippen LogP contribution in [0.4, 0.5) is 5.95 Å². The lowest BCUT2D eigenvalue weighted by Gasteiger charge is -2.25. The highest BCUT2D eigenvalue weighted by Gasteiger charge is 2.33. The number of nitrogens with two attached hydrogens (primary N) is 1. The Morgan fingerprint density at radius 2 is 2.25 bits per heavy atom. The molecular formula is C9H14N4O3. The van der Waals surface area contributed by atoms with Crippen LogP contribution in [0.15, 0.2) is 0 Å². The molecule has 0 amide bonds. The van der Waals surface area contributed by atoms with Gasteiger partial charge in [0.2, 0.25) is 5.95 Å². The molecule has 2 heterocycles. The number of nitrogens with zero attached hydrogens (tertiary/aromatic N) is 2. The van der Waals surface area contributed by atoms with Crippen LogP contribution in [-0.2, 0) is 9.53 Å². The Bertz CT molecular complexity index is 373. The number of hydrogen-bond acceptors (Lipinski definition) is 5. The lowest BCUT2D eigenvalue weighted by Crippen LogP contribution is -2.28. The van der Waals surface area contributed by atoms with Crippen LogP contribution in [0, 0.1) is 5.92 Å². The van der Waals surface area contributed by atoms with E-state index < -0.39 is 11.9 Å². The highest BCUT2D eigenvalue weighted by Crippen LogP contribution is 2.30. The Kier molecular flexibility index (Phi) is 3.04. The number of hydrogen-bond donors (Lipinski definition) is 3. The number of ether oxygens (including phenoxy) is 1. The fraction of sp³-hybridized carbons (Fsp3) is 0.667. The highest BCUT2D eigenvalue weighted by molar-refractivity contribution is 5.75. The Balaban J connectivity index is 2.19. The van der Waals surface area contributed by atoms with Gasteiger partial charge in [-0.1, -0.05) is 0 Å². The zero-order valence-electron chi connectivity index (χ0n) is 8.72. The molecule has 0 aliphatic carbocycles. The van der Waals surface area contributed by atoms with Gasteiger partial charge in [-0.15, -0.1) is 5.10 Å². The number of carbonyl (C=O) groups is 1. The molecule has 1 aromatic heterocycles. The summed E-state index contributed by atoms with van der Waals surface area (Å²) in [5.74, 6) is -1.14. The van der Waals surface area contributed by atoms with E-state index in [-0.39, 0.29) is 11.9 Å². The van der Waals surface area contributed by atoms with Gasteiger partial charge in [0.15, 0.2) is 0 Å². The molecule has 1 aromatic rings. The molecule has 7 nitrogen and oxygen atoms in total. The summed E-state index contributed by atoms with van der Waals surface area (Å²) in [7, 11) is 0. The molecule has 7 heteroatoms. The summed E-state index contributed by atoms with van der Waals surface area (Å²) in [4.78, 5) is 15.1. The van der Waals surface area contributed by atoms with Crippen LogP contribution in [0.5, 0.6) is 0 Å². The van der Waals surface area contributed by atoms with Gasteiger partial charge in [-0.25, -0.2) is 0 Å². The van der Waals surface area contributed by atoms with Crippen molar-refractivity contribution in [3.8, 4) is 0 Å². The van der Waals surface area contributed by atoms with E-state index in [9.17, 15) is 9.90 Å². The minimum absolute atomic E-state index is 0.0265. The van der Waals surface area contributed by atoms with Gasteiger partial charge in [-0.3, -0.25) is 9.89 Å². The van der Waals surface area contributed by atoms with Gasteiger partial charge in [0.1, 0.15) is 11.7 Å². The van der Waals surface area contributed by atoms with Crippen LogP contribution < -0.4 is 5.73 Å². The molecule has 1 unspecified atom stereocenters. The quantitative estimate of drug-likeness (QED) is 0.667. The minimum atomic E-state index is -0.900. The van der Waals surface area contributed by atoms with E-state index >= 15 is 0 Å². The van der Waals surface area contributed by atoms with E-state index in [4.69, 9.17) is 10.5 Å². The summed E-state index contributed by atoms with van der Waals surface area (Å²) < 4.78 is 5.21. The largest absolute Gasteiger partial charge is 0.481 e. The van der Waals surface area contributed by atoms with Crippen molar-refractivity contribution in [1.29, 1.82) is 0 Å². The van der Waals surface area contributed by atoms with Gasteiger partial charge >= 0.3 is 5.97 Å². The summed E-state index contributed by atoms with van der Waals surface area (Å²) >= 11 is 0. The predicted molar refractivity (Wildman–Crippen MR) is 54.7 cm³/mol. The number of nitrogens with one attached hydrogen (secondary N) is 1. The molecule has 4 N–H and O–H groups in total. The summed E-state index contributed by atoms with van der Waals surface area (Å²) in [5.41, 5.74) is 5.37. The number of aliphatic carboxylic acids is 1. The van der Waals surface area contributed by atoms with Crippen LogP contribution >= 0.6 is 0 Å². The van der Waals surface area contributed by atoms with Crippen LogP contribution in [0.3, 0.4) is 0 Å². The first kappa shape index (κ1) is 10.9. The number of rotatable bonds is 3. The Morgan fingerprint density at radius 1 is 1.56 bits per heavy atom. The van der Waals surface area contributed by atoms with Gasteiger partial charge in [0.25, 0.3) is 0 Å². The van der Waals surface area contributed by atoms with Gasteiger partial charge in [0, 0.05) is 13.2 Å². The topological polar surface area (TPSA) is 114 Å². The monoisotopic (exact) mass is 226 g/mol. The van der Waals surface area contributed by atoms with Crippen molar-refractivity contribution < 1.29 is 14.6 Å². The number of aromatic amines is 1. The van der Waals surface area contributed by atoms with Crippen molar-refractivity contribution in [1.82, 2.24) is 15.2 Å². The second kappa shape index (κ2) is 4.48. The maximum absolute atomic E-state index is 11.2. The van der Waals surface area contributed by atoms with Crippen LogP contribution in [0.1, 0.15) is 24.6 Å². The second-order valence-electron chi connectivity index (χ2n) is 3.84. The first-order valence-electron chi connectivity index (χ1n) is 5.17. The van der Waals surface area contributed by atoms with E-state index in [0.29, 0.717) is 19.0 Å². The fourth-order valence-corrected chi connectivity index (χ4v) is 2.02. The summed E-state index contributed by atoms with van der Waals surface area (Å²) in [5, 5.41) is 15.5. The van der Waals surface area contributed by atoms with E-state index in [1.807, 2.05) is 0 Å². The molecule has 2 rings (SSSR count). The first-order chi connectivity index (χ1) is 7.68. The Hall–Kier alpha value is -1.63. The summed E-state index contributed by atoms with van der Waals surface area (Å²) in [6, 6.07) is 0. The minimum Gasteiger partial charge on any atom is -0.481 e. The van der Waals surface area contributed by atoms with E-state index in [2.05, 4.69) is 15.2 Å². The molecule has 16 heavy (non-hydrogen) atoms. The number of carboxylic acids is 1. The molecule has 0 saturated carbocycles. The normalized spacial score (nSPS) is 19.5. The Labute approximate surface area is 92.0 Å². The average Bonchev–Trinajstić information content (AvgIpc) is 2.66. The van der Waals surface area contributed by atoms with E-state index in [0.717, 1.165) is 12.8 Å². The summed E-state index contributed by atoms with van der Waals surface area (Å²) in [6.45, 7) is 1.19. The smallest absolute Gasteiger partial charge is 0.314 e. The van der Waals surface area contributed by atoms with Crippen LogP contribution in [0.25, 0.3) is 0 Å². The Morgan fingerprint density at radius 3 is 2.75 bits per heavy atom. The molecule has 88 valence electrons. The lowest BCUT2D eigenvalue weighted by molar-refractivity contribution is -0.141. The molecule has 0 radical (unpaired) electrons. The van der Waals surface area contributed by atoms with Crippen LogP contribution in [0.2, 0.25) is 0 Å². The van der Waals surface area contributed by atoms with Crippen molar-refractivity contribution in [3.63, 3.8) is 0 Å². The molecule has 0 bridgehead atoms. The van der Waals surface area contributed by atoms with Crippen LogP contribution in [-0.4, -0.2) is 39.5 Å². The third-order valence-corrected chi connectivity index (χ3v) is 2.82. The second-order valence-corrected chi connectivity index (χ2v) is 3.84. The number of carboxylic acid groups (broad SMARTS) is 1. The third-order valence-electron chi connectivity index (χ3n) is 2.82. The average molecular weight is 226 g/mol. The number of anilines is 1. The maximum atomic E-state index is 11.2. The third kappa shape index (κ3) is 2.13. The lowest BCUT2D eigenvalue weighted by atomic mass is 9.85. The van der Waals surface area contributed by atoms with Crippen molar-refractivity contribution in [2.75, 3.05) is 18.9 Å². The molecule has 0 aromatic carbocycles. The molecular weight excluding hydrogens is 212 g/mol. The molecule has 1 saturated heterocycles. The highest BCUT2D eigenvalue weighted by atomic mass is 16.5. The van der Waals surface area contributed by atoms with Crippen molar-refractivity contribution >= 4 is 11.9 Å². The first-order valence-corrected chi connectivity index (χ1v) is 5.17. The maximum Gasteiger partial charge on any atom is 0.314 e. The van der Waals surface area contributed by atoms with Gasteiger partial charge in [0.05, 0.1) is 0 Å². The van der Waals surface area contributed by atoms with Gasteiger partial charge in [-0.2, -0.15) is 4.98 Å². The van der Waals surface area contributed by atoms with Crippen molar-refractivity contribution in [2.45, 2.75) is 18.8 Å². The van der Waals surface area contributed by atoms with E-state index in [1.165, 1.54) is 0 Å². The molecule has 1 aliphatic heterocycles.